The highest BCUT2D eigenvalue weighted by atomic mass is 19.4. The first-order valence-corrected chi connectivity index (χ1v) is 12.9. The van der Waals surface area contributed by atoms with Crippen LogP contribution in [0, 0.1) is 35.5 Å². The molecule has 0 bridgehead atoms. The number of carbonyl (C=O) groups is 2. The lowest BCUT2D eigenvalue weighted by Crippen LogP contribution is -2.45. The molecule has 8 heteroatoms. The molecule has 1 aromatic heterocycles. The number of cyclic esters (lactones) is 1. The molecule has 3 aliphatic rings. The van der Waals surface area contributed by atoms with E-state index in [0.717, 1.165) is 37.8 Å². The second kappa shape index (κ2) is 9.95. The molecule has 2 saturated carbocycles. The maximum atomic E-state index is 13.1. The number of carbonyl (C=O) groups excluding carboxylic acids is 2. The first-order valence-electron chi connectivity index (χ1n) is 12.9. The zero-order chi connectivity index (χ0) is 26.3. The summed E-state index contributed by atoms with van der Waals surface area (Å²) in [5.74, 6) is 0.602. The van der Waals surface area contributed by atoms with Crippen LogP contribution in [0.25, 0.3) is 17.2 Å². The quantitative estimate of drug-likeness (QED) is 0.529. The van der Waals surface area contributed by atoms with E-state index in [1.807, 2.05) is 13.0 Å². The van der Waals surface area contributed by atoms with Crippen LogP contribution in [-0.4, -0.2) is 30.0 Å². The van der Waals surface area contributed by atoms with Crippen LogP contribution in [0.15, 0.2) is 48.7 Å². The van der Waals surface area contributed by atoms with Gasteiger partial charge in [0, 0.05) is 30.6 Å². The Labute approximate surface area is 214 Å². The number of aromatic nitrogens is 1. The smallest absolute Gasteiger partial charge is 0.416 e. The average Bonchev–Trinajstić information content (AvgIpc) is 3.18. The van der Waals surface area contributed by atoms with E-state index in [-0.39, 0.29) is 47.6 Å². The predicted molar refractivity (Wildman–Crippen MR) is 133 cm³/mol. The number of amides is 1. The van der Waals surface area contributed by atoms with Crippen molar-refractivity contribution in [1.82, 2.24) is 10.3 Å². The predicted octanol–water partition coefficient (Wildman–Crippen LogP) is 5.76. The number of hydrogen-bond donors (Lipinski definition) is 1. The Balaban J connectivity index is 1.37. The summed E-state index contributed by atoms with van der Waals surface area (Å²) in [6.45, 7) is 1.96. The molecule has 0 spiro atoms. The van der Waals surface area contributed by atoms with Crippen LogP contribution in [0.5, 0.6) is 0 Å². The third-order valence-electron chi connectivity index (χ3n) is 8.56. The highest BCUT2D eigenvalue weighted by Crippen LogP contribution is 2.54. The number of alkyl halides is 3. The first kappa shape index (κ1) is 25.5. The Hall–Kier alpha value is -3.16. The molecule has 3 fully saturated rings. The summed E-state index contributed by atoms with van der Waals surface area (Å²) in [5.41, 5.74) is 1.08. The van der Waals surface area contributed by atoms with Crippen molar-refractivity contribution in [1.29, 1.82) is 0 Å². The van der Waals surface area contributed by atoms with Gasteiger partial charge in [-0.1, -0.05) is 24.3 Å². The lowest BCUT2D eigenvalue weighted by atomic mass is 9.56. The fourth-order valence-electron chi connectivity index (χ4n) is 6.82. The number of nitrogens with one attached hydrogen (secondary N) is 1. The molecule has 1 N–H and O–H groups in total. The number of esters is 1. The standard InChI is InChI=1S/C29H31F3N2O3/c1-16-26-24(23-10-7-18(27(35)33-2)12-20(23)14-25(26)28(36)37-16)11-9-22-8-6-19(15-34-22)17-4-3-5-21(13-17)29(30,31)32/h3-6,8-9,11,13,15-16,18,20,23-26H,7,10,12,14H2,1-2H3,(H,33,35)/b11-9+/t16-,18-,20+,23-,24+,25-,26+/m1/s1. The Bertz CT molecular complexity index is 1190. The number of allylic oxidation sites excluding steroid dienone is 1. The molecular weight excluding hydrogens is 481 g/mol. The number of fused-ring (bicyclic) bond motifs is 2. The molecule has 7 atom stereocenters. The van der Waals surface area contributed by atoms with Crippen LogP contribution in [0.4, 0.5) is 13.2 Å². The Morgan fingerprint density at radius 2 is 1.95 bits per heavy atom. The molecule has 1 saturated heterocycles. The van der Waals surface area contributed by atoms with Gasteiger partial charge in [0.05, 0.1) is 17.2 Å². The van der Waals surface area contributed by atoms with Crippen LogP contribution < -0.4 is 5.32 Å². The minimum absolute atomic E-state index is 0.0210. The van der Waals surface area contributed by atoms with E-state index >= 15 is 0 Å². The Morgan fingerprint density at radius 1 is 1.14 bits per heavy atom. The minimum atomic E-state index is -4.40. The van der Waals surface area contributed by atoms with E-state index in [9.17, 15) is 22.8 Å². The molecule has 0 radical (unpaired) electrons. The highest BCUT2D eigenvalue weighted by molar-refractivity contribution is 5.78. The summed E-state index contributed by atoms with van der Waals surface area (Å²) in [4.78, 5) is 29.4. The van der Waals surface area contributed by atoms with E-state index in [4.69, 9.17) is 4.74 Å². The molecule has 196 valence electrons. The molecule has 2 aliphatic carbocycles. The van der Waals surface area contributed by atoms with Gasteiger partial charge >= 0.3 is 12.1 Å². The number of ether oxygens (including phenoxy) is 1. The number of nitrogens with zero attached hydrogens (tertiary/aromatic N) is 1. The molecular formula is C29H31F3N2O3. The molecule has 0 unspecified atom stereocenters. The van der Waals surface area contributed by atoms with Gasteiger partial charge in [-0.15, -0.1) is 0 Å². The number of pyridine rings is 1. The van der Waals surface area contributed by atoms with Crippen LogP contribution >= 0.6 is 0 Å². The molecule has 2 heterocycles. The maximum absolute atomic E-state index is 13.1. The molecule has 1 aromatic carbocycles. The molecule has 2 aromatic rings. The third kappa shape index (κ3) is 5.03. The highest BCUT2D eigenvalue weighted by Gasteiger charge is 2.54. The van der Waals surface area contributed by atoms with Gasteiger partial charge in [-0.25, -0.2) is 0 Å². The number of benzene rings is 1. The molecule has 37 heavy (non-hydrogen) atoms. The van der Waals surface area contributed by atoms with Gasteiger partial charge in [-0.3, -0.25) is 14.6 Å². The normalized spacial score (nSPS) is 31.5. The molecule has 1 aliphatic heterocycles. The molecule has 5 rings (SSSR count). The second-order valence-corrected chi connectivity index (χ2v) is 10.6. The zero-order valence-corrected chi connectivity index (χ0v) is 20.9. The minimum Gasteiger partial charge on any atom is -0.462 e. The first-order chi connectivity index (χ1) is 17.7. The summed E-state index contributed by atoms with van der Waals surface area (Å²) in [7, 11) is 1.66. The summed E-state index contributed by atoms with van der Waals surface area (Å²) < 4.78 is 44.9. The van der Waals surface area contributed by atoms with Crippen molar-refractivity contribution in [2.24, 2.45) is 35.5 Å². The van der Waals surface area contributed by atoms with Crippen molar-refractivity contribution < 1.29 is 27.5 Å². The zero-order valence-electron chi connectivity index (χ0n) is 20.9. The van der Waals surface area contributed by atoms with E-state index in [1.54, 1.807) is 31.4 Å². The fraction of sp³-hybridized carbons (Fsp3) is 0.483. The van der Waals surface area contributed by atoms with E-state index < -0.39 is 11.7 Å². The second-order valence-electron chi connectivity index (χ2n) is 10.6. The number of halogens is 3. The van der Waals surface area contributed by atoms with E-state index in [1.165, 1.54) is 6.07 Å². The van der Waals surface area contributed by atoms with E-state index in [2.05, 4.69) is 16.4 Å². The van der Waals surface area contributed by atoms with Crippen molar-refractivity contribution in [3.63, 3.8) is 0 Å². The lowest BCUT2D eigenvalue weighted by molar-refractivity contribution is -0.144. The van der Waals surface area contributed by atoms with Gasteiger partial charge in [0.15, 0.2) is 0 Å². The third-order valence-corrected chi connectivity index (χ3v) is 8.56. The van der Waals surface area contributed by atoms with Gasteiger partial charge in [0.1, 0.15) is 6.10 Å². The van der Waals surface area contributed by atoms with Crippen molar-refractivity contribution in [2.45, 2.75) is 44.9 Å². The van der Waals surface area contributed by atoms with Crippen LogP contribution in [0.1, 0.15) is 43.9 Å². The Morgan fingerprint density at radius 3 is 2.65 bits per heavy atom. The van der Waals surface area contributed by atoms with Crippen LogP contribution in [0.2, 0.25) is 0 Å². The monoisotopic (exact) mass is 512 g/mol. The number of hydrogen-bond acceptors (Lipinski definition) is 4. The van der Waals surface area contributed by atoms with Crippen LogP contribution in [-0.2, 0) is 20.5 Å². The topological polar surface area (TPSA) is 68.3 Å². The van der Waals surface area contributed by atoms with Crippen molar-refractivity contribution in [3.05, 3.63) is 59.9 Å². The van der Waals surface area contributed by atoms with E-state index in [0.29, 0.717) is 22.7 Å². The largest absolute Gasteiger partial charge is 0.462 e. The van der Waals surface area contributed by atoms with Gasteiger partial charge in [-0.05, 0) is 80.2 Å². The molecule has 5 nitrogen and oxygen atoms in total. The van der Waals surface area contributed by atoms with Crippen molar-refractivity contribution in [3.8, 4) is 11.1 Å². The SMILES string of the molecule is CNC(=O)[C@@H]1CC[C@@H]2[C@@H](C1)C[C@H]1C(=O)O[C@H](C)[C@H]1[C@H]2/C=C/c1ccc(-c2cccc(C(F)(F)F)c2)cn1. The average molecular weight is 513 g/mol. The fourth-order valence-corrected chi connectivity index (χ4v) is 6.82. The van der Waals surface area contributed by atoms with Gasteiger partial charge in [0.2, 0.25) is 5.91 Å². The number of rotatable bonds is 4. The van der Waals surface area contributed by atoms with Gasteiger partial charge < -0.3 is 10.1 Å². The Kier molecular flexibility index (Phi) is 6.86. The van der Waals surface area contributed by atoms with Crippen molar-refractivity contribution in [2.75, 3.05) is 7.05 Å². The summed E-state index contributed by atoms with van der Waals surface area (Å²) in [6.07, 6.45) is 4.40. The van der Waals surface area contributed by atoms with Gasteiger partial charge in [0.25, 0.3) is 0 Å². The summed E-state index contributed by atoms with van der Waals surface area (Å²) >= 11 is 0. The lowest BCUT2D eigenvalue weighted by Gasteiger charge is -2.47. The van der Waals surface area contributed by atoms with Crippen LogP contribution in [0.3, 0.4) is 0 Å². The maximum Gasteiger partial charge on any atom is 0.416 e. The van der Waals surface area contributed by atoms with Crippen molar-refractivity contribution >= 4 is 18.0 Å². The summed E-state index contributed by atoms with van der Waals surface area (Å²) in [5, 5.41) is 2.77. The molecule has 1 amide bonds. The van der Waals surface area contributed by atoms with Gasteiger partial charge in [-0.2, -0.15) is 13.2 Å². The summed E-state index contributed by atoms with van der Waals surface area (Å²) in [6, 6.07) is 8.78.